The van der Waals surface area contributed by atoms with Gasteiger partial charge in [-0.05, 0) is 18.1 Å². The van der Waals surface area contributed by atoms with Crippen molar-refractivity contribution < 1.29 is 9.84 Å². The number of benzene rings is 1. The third-order valence-electron chi connectivity index (χ3n) is 2.68. The molecule has 0 radical (unpaired) electrons. The third-order valence-corrected chi connectivity index (χ3v) is 3.45. The van der Waals surface area contributed by atoms with Crippen LogP contribution in [0.5, 0.6) is 0 Å². The average molecular weight is 257 g/mol. The van der Waals surface area contributed by atoms with Gasteiger partial charge in [-0.2, -0.15) is 0 Å². The van der Waals surface area contributed by atoms with Crippen molar-refractivity contribution in [1.82, 2.24) is 0 Å². The third kappa shape index (κ3) is 1.85. The van der Waals surface area contributed by atoms with Gasteiger partial charge in [0, 0.05) is 9.89 Å². The summed E-state index contributed by atoms with van der Waals surface area (Å²) in [6.07, 6.45) is 0.880. The Morgan fingerprint density at radius 3 is 2.57 bits per heavy atom. The maximum absolute atomic E-state index is 9.29. The highest BCUT2D eigenvalue weighted by molar-refractivity contribution is 9.10. The van der Waals surface area contributed by atoms with E-state index in [0.29, 0.717) is 13.2 Å². The topological polar surface area (TPSA) is 29.5 Å². The second-order valence-corrected chi connectivity index (χ2v) is 4.77. The molecule has 0 saturated carbocycles. The van der Waals surface area contributed by atoms with Gasteiger partial charge >= 0.3 is 0 Å². The molecule has 1 aromatic rings. The molecule has 3 heteroatoms. The van der Waals surface area contributed by atoms with Crippen LogP contribution in [0.15, 0.2) is 28.7 Å². The van der Waals surface area contributed by atoms with E-state index in [9.17, 15) is 5.11 Å². The number of hydrogen-bond donors (Lipinski definition) is 1. The van der Waals surface area contributed by atoms with Crippen LogP contribution in [-0.2, 0) is 11.2 Å². The van der Waals surface area contributed by atoms with Gasteiger partial charge in [0.15, 0.2) is 0 Å². The molecule has 0 spiro atoms. The van der Waals surface area contributed by atoms with Crippen molar-refractivity contribution in [2.24, 2.45) is 5.41 Å². The van der Waals surface area contributed by atoms with E-state index >= 15 is 0 Å². The second-order valence-electron chi connectivity index (χ2n) is 3.92. The zero-order valence-electron chi connectivity index (χ0n) is 7.87. The summed E-state index contributed by atoms with van der Waals surface area (Å²) in [5, 5.41) is 9.29. The molecular weight excluding hydrogens is 244 g/mol. The molecule has 1 aliphatic heterocycles. The van der Waals surface area contributed by atoms with E-state index in [0.717, 1.165) is 10.9 Å². The molecule has 1 N–H and O–H groups in total. The Kier molecular flexibility index (Phi) is 2.91. The van der Waals surface area contributed by atoms with Gasteiger partial charge in [0.05, 0.1) is 19.8 Å². The lowest BCUT2D eigenvalue weighted by Crippen LogP contribution is -2.47. The summed E-state index contributed by atoms with van der Waals surface area (Å²) >= 11 is 3.51. The van der Waals surface area contributed by atoms with Gasteiger partial charge in [-0.25, -0.2) is 0 Å². The minimum absolute atomic E-state index is 0.0378. The minimum atomic E-state index is -0.0378. The van der Waals surface area contributed by atoms with Gasteiger partial charge in [-0.3, -0.25) is 0 Å². The molecule has 1 heterocycles. The lowest BCUT2D eigenvalue weighted by atomic mass is 9.81. The van der Waals surface area contributed by atoms with Crippen LogP contribution in [0.4, 0.5) is 0 Å². The molecule has 0 bridgehead atoms. The molecule has 1 saturated heterocycles. The van der Waals surface area contributed by atoms with Gasteiger partial charge in [0.1, 0.15) is 0 Å². The molecule has 0 aliphatic carbocycles. The summed E-state index contributed by atoms with van der Waals surface area (Å²) in [5.41, 5.74) is 1.20. The van der Waals surface area contributed by atoms with E-state index in [1.165, 1.54) is 5.56 Å². The highest BCUT2D eigenvalue weighted by Gasteiger charge is 2.38. The first kappa shape index (κ1) is 10.1. The van der Waals surface area contributed by atoms with Crippen LogP contribution in [0, 0.1) is 5.41 Å². The fraction of sp³-hybridized carbons (Fsp3) is 0.455. The maximum atomic E-state index is 9.29. The van der Waals surface area contributed by atoms with Gasteiger partial charge in [-0.1, -0.05) is 34.1 Å². The largest absolute Gasteiger partial charge is 0.396 e. The number of aliphatic hydroxyl groups is 1. The zero-order chi connectivity index (χ0) is 10.0. The Morgan fingerprint density at radius 2 is 2.07 bits per heavy atom. The monoisotopic (exact) mass is 256 g/mol. The molecule has 1 aromatic carbocycles. The van der Waals surface area contributed by atoms with Gasteiger partial charge < -0.3 is 9.84 Å². The Morgan fingerprint density at radius 1 is 1.36 bits per heavy atom. The van der Waals surface area contributed by atoms with E-state index in [1.807, 2.05) is 18.2 Å². The molecule has 14 heavy (non-hydrogen) atoms. The normalized spacial score (nSPS) is 19.0. The van der Waals surface area contributed by atoms with Crippen molar-refractivity contribution in [1.29, 1.82) is 0 Å². The summed E-state index contributed by atoms with van der Waals surface area (Å²) in [6.45, 7) is 1.55. The number of hydrogen-bond acceptors (Lipinski definition) is 2. The van der Waals surface area contributed by atoms with Crippen LogP contribution < -0.4 is 0 Å². The quantitative estimate of drug-likeness (QED) is 0.897. The Labute approximate surface area is 92.0 Å². The molecule has 2 rings (SSSR count). The van der Waals surface area contributed by atoms with Crippen molar-refractivity contribution >= 4 is 15.9 Å². The van der Waals surface area contributed by atoms with Crippen molar-refractivity contribution in [3.8, 4) is 0 Å². The molecule has 0 unspecified atom stereocenters. The Hall–Kier alpha value is -0.380. The van der Waals surface area contributed by atoms with Crippen molar-refractivity contribution in [3.05, 3.63) is 34.3 Å². The molecular formula is C11H13BrO2. The summed E-state index contributed by atoms with van der Waals surface area (Å²) in [7, 11) is 0. The maximum Gasteiger partial charge on any atom is 0.0570 e. The molecule has 2 nitrogen and oxygen atoms in total. The van der Waals surface area contributed by atoms with Crippen molar-refractivity contribution in [2.45, 2.75) is 6.42 Å². The van der Waals surface area contributed by atoms with Crippen LogP contribution in [0.3, 0.4) is 0 Å². The SMILES string of the molecule is OCC1(Cc2ccccc2Br)COC1. The first-order valence-corrected chi connectivity index (χ1v) is 5.47. The first-order chi connectivity index (χ1) is 6.76. The molecule has 0 atom stereocenters. The lowest BCUT2D eigenvalue weighted by Gasteiger charge is -2.40. The van der Waals surface area contributed by atoms with Crippen LogP contribution in [0.2, 0.25) is 0 Å². The lowest BCUT2D eigenvalue weighted by molar-refractivity contribution is -0.136. The number of aliphatic hydroxyl groups excluding tert-OH is 1. The molecule has 1 fully saturated rings. The summed E-state index contributed by atoms with van der Waals surface area (Å²) in [4.78, 5) is 0. The number of rotatable bonds is 3. The standard InChI is InChI=1S/C11H13BrO2/c12-10-4-2-1-3-9(10)5-11(6-13)7-14-8-11/h1-4,13H,5-8H2. The minimum Gasteiger partial charge on any atom is -0.396 e. The summed E-state index contributed by atoms with van der Waals surface area (Å²) in [5.74, 6) is 0. The van der Waals surface area contributed by atoms with Crippen LogP contribution in [0.1, 0.15) is 5.56 Å². The summed E-state index contributed by atoms with van der Waals surface area (Å²) < 4.78 is 6.28. The Bertz CT molecular complexity index is 315. The summed E-state index contributed by atoms with van der Waals surface area (Å²) in [6, 6.07) is 8.13. The number of halogens is 1. The van der Waals surface area contributed by atoms with Crippen LogP contribution in [0.25, 0.3) is 0 Å². The van der Waals surface area contributed by atoms with E-state index in [2.05, 4.69) is 22.0 Å². The molecule has 0 amide bonds. The first-order valence-electron chi connectivity index (χ1n) is 4.68. The predicted molar refractivity (Wildman–Crippen MR) is 58.2 cm³/mol. The second kappa shape index (κ2) is 4.01. The van der Waals surface area contributed by atoms with Crippen LogP contribution in [-0.4, -0.2) is 24.9 Å². The van der Waals surface area contributed by atoms with Gasteiger partial charge in [-0.15, -0.1) is 0 Å². The fourth-order valence-electron chi connectivity index (χ4n) is 1.69. The fourth-order valence-corrected chi connectivity index (χ4v) is 2.11. The van der Waals surface area contributed by atoms with Crippen molar-refractivity contribution in [3.63, 3.8) is 0 Å². The van der Waals surface area contributed by atoms with Gasteiger partial charge in [0.2, 0.25) is 0 Å². The smallest absolute Gasteiger partial charge is 0.0570 e. The average Bonchev–Trinajstić information content (AvgIpc) is 2.14. The van der Waals surface area contributed by atoms with E-state index < -0.39 is 0 Å². The van der Waals surface area contributed by atoms with E-state index in [1.54, 1.807) is 0 Å². The zero-order valence-corrected chi connectivity index (χ0v) is 9.46. The van der Waals surface area contributed by atoms with Gasteiger partial charge in [0.25, 0.3) is 0 Å². The highest BCUT2D eigenvalue weighted by Crippen LogP contribution is 2.33. The van der Waals surface area contributed by atoms with E-state index in [-0.39, 0.29) is 12.0 Å². The molecule has 0 aromatic heterocycles. The van der Waals surface area contributed by atoms with Crippen molar-refractivity contribution in [2.75, 3.05) is 19.8 Å². The van der Waals surface area contributed by atoms with Crippen LogP contribution >= 0.6 is 15.9 Å². The molecule has 76 valence electrons. The Balaban J connectivity index is 2.13. The van der Waals surface area contributed by atoms with E-state index in [4.69, 9.17) is 4.74 Å². The highest BCUT2D eigenvalue weighted by atomic mass is 79.9. The molecule has 1 aliphatic rings. The predicted octanol–water partition coefficient (Wildman–Crippen LogP) is 2.00. The number of ether oxygens (including phenoxy) is 1.